The molecule has 0 spiro atoms. The third-order valence-corrected chi connectivity index (χ3v) is 7.52. The SMILES string of the molecule is O=C1S/C(=C\c2ccccc2OS(=O)(=O)c2ccc(Cl)cc2)C(=O)N1Cc1c(F)cccc1Cl. The van der Waals surface area contributed by atoms with Crippen molar-refractivity contribution in [3.05, 3.63) is 98.6 Å². The van der Waals surface area contributed by atoms with Gasteiger partial charge in [-0.1, -0.05) is 47.5 Å². The number of thioether (sulfide) groups is 1. The molecule has 1 aliphatic heterocycles. The maximum Gasteiger partial charge on any atom is 0.339 e. The molecule has 0 N–H and O–H groups in total. The molecule has 1 fully saturated rings. The number of nitrogens with zero attached hydrogens (tertiary/aromatic N) is 1. The van der Waals surface area contributed by atoms with E-state index >= 15 is 0 Å². The monoisotopic (exact) mass is 537 g/mol. The van der Waals surface area contributed by atoms with Crippen molar-refractivity contribution >= 4 is 62.3 Å². The minimum Gasteiger partial charge on any atom is -0.378 e. The molecular weight excluding hydrogens is 524 g/mol. The quantitative estimate of drug-likeness (QED) is 0.277. The molecule has 2 amide bonds. The summed E-state index contributed by atoms with van der Waals surface area (Å²) in [5, 5.41) is -0.149. The highest BCUT2D eigenvalue weighted by Gasteiger charge is 2.36. The lowest BCUT2D eigenvalue weighted by atomic mass is 10.1. The summed E-state index contributed by atoms with van der Waals surface area (Å²) in [6.07, 6.45) is 1.35. The summed E-state index contributed by atoms with van der Waals surface area (Å²) >= 11 is 12.5. The van der Waals surface area contributed by atoms with Crippen LogP contribution in [0, 0.1) is 5.82 Å². The maximum atomic E-state index is 14.1. The molecule has 1 heterocycles. The Morgan fingerprint density at radius 1 is 0.971 bits per heavy atom. The molecule has 34 heavy (non-hydrogen) atoms. The van der Waals surface area contributed by atoms with E-state index < -0.39 is 27.1 Å². The van der Waals surface area contributed by atoms with Crippen LogP contribution in [0.3, 0.4) is 0 Å². The summed E-state index contributed by atoms with van der Waals surface area (Å²) in [6, 6.07) is 15.7. The van der Waals surface area contributed by atoms with Crippen molar-refractivity contribution in [1.29, 1.82) is 0 Å². The Kier molecular flexibility index (Phi) is 6.99. The van der Waals surface area contributed by atoms with Crippen LogP contribution in [0.2, 0.25) is 10.0 Å². The van der Waals surface area contributed by atoms with E-state index in [0.717, 1.165) is 4.90 Å². The molecule has 0 aromatic heterocycles. The summed E-state index contributed by atoms with van der Waals surface area (Å²) in [5.41, 5.74) is 0.278. The van der Waals surface area contributed by atoms with E-state index in [1.807, 2.05) is 0 Å². The number of para-hydroxylation sites is 1. The fraction of sp³-hybridized carbons (Fsp3) is 0.0435. The number of benzene rings is 3. The van der Waals surface area contributed by atoms with Gasteiger partial charge in [0, 0.05) is 21.2 Å². The zero-order chi connectivity index (χ0) is 24.5. The van der Waals surface area contributed by atoms with Crippen molar-refractivity contribution in [2.45, 2.75) is 11.4 Å². The van der Waals surface area contributed by atoms with E-state index in [0.29, 0.717) is 16.8 Å². The summed E-state index contributed by atoms with van der Waals surface area (Å²) in [7, 11) is -4.18. The lowest BCUT2D eigenvalue weighted by Gasteiger charge is -2.14. The fourth-order valence-corrected chi connectivity index (χ4v) is 5.19. The van der Waals surface area contributed by atoms with Gasteiger partial charge in [-0.3, -0.25) is 14.5 Å². The van der Waals surface area contributed by atoms with Gasteiger partial charge in [0.25, 0.3) is 11.1 Å². The Morgan fingerprint density at radius 2 is 1.68 bits per heavy atom. The largest absolute Gasteiger partial charge is 0.378 e. The van der Waals surface area contributed by atoms with Crippen molar-refractivity contribution in [3.8, 4) is 5.75 Å². The second-order valence-corrected chi connectivity index (χ2v) is 10.4. The van der Waals surface area contributed by atoms with Gasteiger partial charge in [0.15, 0.2) is 0 Å². The van der Waals surface area contributed by atoms with Crippen LogP contribution >= 0.6 is 35.0 Å². The minimum atomic E-state index is -4.18. The van der Waals surface area contributed by atoms with Crippen molar-refractivity contribution < 1.29 is 26.6 Å². The molecule has 0 bridgehead atoms. The zero-order valence-electron chi connectivity index (χ0n) is 17.1. The van der Waals surface area contributed by atoms with Crippen LogP contribution in [0.25, 0.3) is 6.08 Å². The number of imide groups is 1. The van der Waals surface area contributed by atoms with Crippen LogP contribution in [0.4, 0.5) is 9.18 Å². The molecule has 0 radical (unpaired) electrons. The Hall–Kier alpha value is -2.85. The minimum absolute atomic E-state index is 0.0190. The molecule has 3 aromatic carbocycles. The van der Waals surface area contributed by atoms with Gasteiger partial charge < -0.3 is 4.18 Å². The van der Waals surface area contributed by atoms with E-state index in [-0.39, 0.29) is 38.2 Å². The van der Waals surface area contributed by atoms with Crippen LogP contribution in [0.1, 0.15) is 11.1 Å². The van der Waals surface area contributed by atoms with E-state index in [1.54, 1.807) is 12.1 Å². The summed E-state index contributed by atoms with van der Waals surface area (Å²) in [5.74, 6) is -1.34. The van der Waals surface area contributed by atoms with Gasteiger partial charge in [-0.2, -0.15) is 8.42 Å². The molecular formula is C23H14Cl2FNO5S2. The van der Waals surface area contributed by atoms with Gasteiger partial charge in [-0.05, 0) is 60.3 Å². The molecule has 174 valence electrons. The summed E-state index contributed by atoms with van der Waals surface area (Å²) < 4.78 is 44.8. The highest BCUT2D eigenvalue weighted by atomic mass is 35.5. The molecule has 0 unspecified atom stereocenters. The molecule has 1 saturated heterocycles. The van der Waals surface area contributed by atoms with Gasteiger partial charge in [-0.25, -0.2) is 4.39 Å². The number of hydrogen-bond donors (Lipinski definition) is 0. The van der Waals surface area contributed by atoms with Crippen LogP contribution in [-0.4, -0.2) is 24.5 Å². The standard InChI is InChI=1S/C23H14Cl2FNO5S2/c24-15-8-10-16(11-9-15)34(30,31)32-20-7-2-1-4-14(20)12-21-22(28)27(23(29)33-21)13-17-18(25)5-3-6-19(17)26/h1-12H,13H2/b21-12-. The van der Waals surface area contributed by atoms with Gasteiger partial charge in [-0.15, -0.1) is 0 Å². The van der Waals surface area contributed by atoms with Crippen LogP contribution < -0.4 is 4.18 Å². The van der Waals surface area contributed by atoms with Gasteiger partial charge in [0.05, 0.1) is 11.4 Å². The molecule has 0 atom stereocenters. The first-order valence-corrected chi connectivity index (χ1v) is 12.6. The molecule has 1 aliphatic rings. The van der Waals surface area contributed by atoms with Gasteiger partial charge in [0.1, 0.15) is 16.5 Å². The third-order valence-electron chi connectivity index (χ3n) is 4.76. The molecule has 6 nitrogen and oxygen atoms in total. The van der Waals surface area contributed by atoms with E-state index in [1.165, 1.54) is 60.7 Å². The smallest absolute Gasteiger partial charge is 0.339 e. The lowest BCUT2D eigenvalue weighted by Crippen LogP contribution is -2.28. The highest BCUT2D eigenvalue weighted by molar-refractivity contribution is 8.18. The average molecular weight is 538 g/mol. The average Bonchev–Trinajstić information content (AvgIpc) is 3.05. The summed E-state index contributed by atoms with van der Waals surface area (Å²) in [6.45, 7) is -0.337. The van der Waals surface area contributed by atoms with Crippen LogP contribution in [0.15, 0.2) is 76.5 Å². The Bertz CT molecular complexity index is 1410. The Labute approximate surface area is 209 Å². The Balaban J connectivity index is 1.61. The highest BCUT2D eigenvalue weighted by Crippen LogP contribution is 2.36. The van der Waals surface area contributed by atoms with E-state index in [2.05, 4.69) is 0 Å². The number of halogens is 3. The predicted molar refractivity (Wildman–Crippen MR) is 129 cm³/mol. The maximum absolute atomic E-state index is 14.1. The van der Waals surface area contributed by atoms with E-state index in [9.17, 15) is 22.4 Å². The summed E-state index contributed by atoms with van der Waals surface area (Å²) in [4.78, 5) is 26.1. The van der Waals surface area contributed by atoms with Crippen molar-refractivity contribution in [1.82, 2.24) is 4.90 Å². The Morgan fingerprint density at radius 3 is 2.38 bits per heavy atom. The van der Waals surface area contributed by atoms with Crippen molar-refractivity contribution in [2.24, 2.45) is 0 Å². The zero-order valence-corrected chi connectivity index (χ0v) is 20.2. The van der Waals surface area contributed by atoms with Crippen LogP contribution in [-0.2, 0) is 21.5 Å². The molecule has 4 rings (SSSR count). The predicted octanol–water partition coefficient (Wildman–Crippen LogP) is 6.14. The van der Waals surface area contributed by atoms with E-state index in [4.69, 9.17) is 27.4 Å². The number of amides is 2. The number of carbonyl (C=O) groups excluding carboxylic acids is 2. The topological polar surface area (TPSA) is 80.8 Å². The number of hydrogen-bond acceptors (Lipinski definition) is 6. The number of rotatable bonds is 6. The normalized spacial score (nSPS) is 15.3. The fourth-order valence-electron chi connectivity index (χ4n) is 3.06. The lowest BCUT2D eigenvalue weighted by molar-refractivity contribution is -0.123. The molecule has 0 saturated carbocycles. The number of carbonyl (C=O) groups is 2. The molecule has 3 aromatic rings. The molecule has 11 heteroatoms. The first-order valence-electron chi connectivity index (χ1n) is 9.63. The first kappa shape index (κ1) is 24.3. The second kappa shape index (κ2) is 9.79. The van der Waals surface area contributed by atoms with Gasteiger partial charge in [0.2, 0.25) is 0 Å². The van der Waals surface area contributed by atoms with Gasteiger partial charge >= 0.3 is 10.1 Å². The first-order chi connectivity index (χ1) is 16.2. The molecule has 0 aliphatic carbocycles. The van der Waals surface area contributed by atoms with Crippen molar-refractivity contribution in [2.75, 3.05) is 0 Å². The second-order valence-electron chi connectivity index (χ2n) is 7.00. The van der Waals surface area contributed by atoms with Crippen molar-refractivity contribution in [3.63, 3.8) is 0 Å². The van der Waals surface area contributed by atoms with Crippen LogP contribution in [0.5, 0.6) is 5.75 Å². The third kappa shape index (κ3) is 5.12.